The van der Waals surface area contributed by atoms with Crippen LogP contribution in [0.4, 0.5) is 5.69 Å². The molecule has 1 aromatic carbocycles. The van der Waals surface area contributed by atoms with E-state index in [2.05, 4.69) is 10.2 Å². The van der Waals surface area contributed by atoms with Gasteiger partial charge in [-0.2, -0.15) is 0 Å². The van der Waals surface area contributed by atoms with Crippen molar-refractivity contribution in [1.29, 1.82) is 0 Å². The van der Waals surface area contributed by atoms with Crippen molar-refractivity contribution < 1.29 is 9.84 Å². The van der Waals surface area contributed by atoms with Crippen LogP contribution in [0, 0.1) is 0 Å². The molecule has 1 aliphatic heterocycles. The summed E-state index contributed by atoms with van der Waals surface area (Å²) in [6, 6.07) is 5.87. The number of aliphatic hydroxyl groups excluding tert-OH is 1. The van der Waals surface area contributed by atoms with E-state index < -0.39 is 0 Å². The fraction of sp³-hybridized carbons (Fsp3) is 0.500. The largest absolute Gasteiger partial charge is 0.495 e. The van der Waals surface area contributed by atoms with Crippen molar-refractivity contribution in [2.45, 2.75) is 6.61 Å². The third-order valence-electron chi connectivity index (χ3n) is 2.88. The third-order valence-corrected chi connectivity index (χ3v) is 2.88. The highest BCUT2D eigenvalue weighted by molar-refractivity contribution is 5.60. The van der Waals surface area contributed by atoms with Gasteiger partial charge in [0.05, 0.1) is 19.4 Å². The van der Waals surface area contributed by atoms with E-state index in [1.165, 1.54) is 0 Å². The molecule has 0 unspecified atom stereocenters. The summed E-state index contributed by atoms with van der Waals surface area (Å²) in [6.45, 7) is 4.05. The standard InChI is InChI=1S/C12H18N2O2/c1-16-12-8-10(9-15)2-3-11(12)14-6-4-13-5-7-14/h2-3,8,13,15H,4-7,9H2,1H3. The van der Waals surface area contributed by atoms with Crippen molar-refractivity contribution in [2.24, 2.45) is 0 Å². The van der Waals surface area contributed by atoms with Crippen LogP contribution < -0.4 is 15.0 Å². The number of anilines is 1. The zero-order valence-corrected chi connectivity index (χ0v) is 9.57. The summed E-state index contributed by atoms with van der Waals surface area (Å²) in [5.41, 5.74) is 2.00. The van der Waals surface area contributed by atoms with Gasteiger partial charge in [0.25, 0.3) is 0 Å². The Kier molecular flexibility index (Phi) is 3.64. The first-order valence-electron chi connectivity index (χ1n) is 5.58. The molecular formula is C12H18N2O2. The topological polar surface area (TPSA) is 44.7 Å². The maximum Gasteiger partial charge on any atom is 0.142 e. The van der Waals surface area contributed by atoms with Gasteiger partial charge >= 0.3 is 0 Å². The van der Waals surface area contributed by atoms with Crippen molar-refractivity contribution in [3.05, 3.63) is 23.8 Å². The van der Waals surface area contributed by atoms with E-state index in [1.54, 1.807) is 7.11 Å². The zero-order valence-electron chi connectivity index (χ0n) is 9.57. The molecule has 1 heterocycles. The number of methoxy groups -OCH3 is 1. The molecule has 0 bridgehead atoms. The van der Waals surface area contributed by atoms with Gasteiger partial charge in [0, 0.05) is 26.2 Å². The number of benzene rings is 1. The number of ether oxygens (including phenoxy) is 1. The third kappa shape index (κ3) is 2.28. The summed E-state index contributed by atoms with van der Waals surface area (Å²) in [5, 5.41) is 12.4. The minimum atomic E-state index is 0.0538. The molecule has 1 fully saturated rings. The van der Waals surface area contributed by atoms with Gasteiger partial charge in [0.2, 0.25) is 0 Å². The van der Waals surface area contributed by atoms with Crippen LogP contribution in [0.3, 0.4) is 0 Å². The Morgan fingerprint density at radius 1 is 1.38 bits per heavy atom. The van der Waals surface area contributed by atoms with Gasteiger partial charge in [-0.3, -0.25) is 0 Å². The van der Waals surface area contributed by atoms with Crippen molar-refractivity contribution in [1.82, 2.24) is 5.32 Å². The highest BCUT2D eigenvalue weighted by Gasteiger charge is 2.14. The second-order valence-electron chi connectivity index (χ2n) is 3.90. The van der Waals surface area contributed by atoms with Crippen LogP contribution in [0.15, 0.2) is 18.2 Å². The molecule has 1 aromatic rings. The van der Waals surface area contributed by atoms with Gasteiger partial charge in [-0.25, -0.2) is 0 Å². The lowest BCUT2D eigenvalue weighted by Crippen LogP contribution is -2.43. The molecule has 0 spiro atoms. The second-order valence-corrected chi connectivity index (χ2v) is 3.90. The molecule has 0 saturated carbocycles. The molecule has 1 aliphatic rings. The van der Waals surface area contributed by atoms with Gasteiger partial charge < -0.3 is 20.1 Å². The average molecular weight is 222 g/mol. The first-order chi connectivity index (χ1) is 7.85. The van der Waals surface area contributed by atoms with E-state index in [0.717, 1.165) is 43.2 Å². The summed E-state index contributed by atoms with van der Waals surface area (Å²) in [4.78, 5) is 2.30. The van der Waals surface area contributed by atoms with Gasteiger partial charge in [0.1, 0.15) is 5.75 Å². The lowest BCUT2D eigenvalue weighted by Gasteiger charge is -2.30. The van der Waals surface area contributed by atoms with Crippen LogP contribution in [0.1, 0.15) is 5.56 Å². The maximum atomic E-state index is 9.08. The monoisotopic (exact) mass is 222 g/mol. The van der Waals surface area contributed by atoms with Crippen LogP contribution in [0.25, 0.3) is 0 Å². The van der Waals surface area contributed by atoms with E-state index in [0.29, 0.717) is 0 Å². The smallest absolute Gasteiger partial charge is 0.142 e. The minimum absolute atomic E-state index is 0.0538. The van der Waals surface area contributed by atoms with Crippen molar-refractivity contribution >= 4 is 5.69 Å². The molecule has 0 amide bonds. The fourth-order valence-electron chi connectivity index (χ4n) is 1.99. The normalized spacial score (nSPS) is 16.2. The van der Waals surface area contributed by atoms with Crippen LogP contribution in [0.5, 0.6) is 5.75 Å². The molecule has 4 heteroatoms. The Morgan fingerprint density at radius 2 is 2.12 bits per heavy atom. The number of piperazine rings is 1. The van der Waals surface area contributed by atoms with E-state index in [1.807, 2.05) is 18.2 Å². The Morgan fingerprint density at radius 3 is 2.75 bits per heavy atom. The van der Waals surface area contributed by atoms with Crippen molar-refractivity contribution in [3.8, 4) is 5.75 Å². The second kappa shape index (κ2) is 5.18. The van der Waals surface area contributed by atoms with E-state index in [-0.39, 0.29) is 6.61 Å². The molecule has 4 nitrogen and oxygen atoms in total. The highest BCUT2D eigenvalue weighted by atomic mass is 16.5. The number of nitrogens with zero attached hydrogens (tertiary/aromatic N) is 1. The summed E-state index contributed by atoms with van der Waals surface area (Å²) < 4.78 is 5.37. The average Bonchev–Trinajstić information content (AvgIpc) is 2.39. The number of rotatable bonds is 3. The maximum absolute atomic E-state index is 9.08. The quantitative estimate of drug-likeness (QED) is 0.786. The predicted octanol–water partition coefficient (Wildman–Crippen LogP) is 0.597. The minimum Gasteiger partial charge on any atom is -0.495 e. The van der Waals surface area contributed by atoms with E-state index in [4.69, 9.17) is 9.84 Å². The molecule has 16 heavy (non-hydrogen) atoms. The fourth-order valence-corrected chi connectivity index (χ4v) is 1.99. The SMILES string of the molecule is COc1cc(CO)ccc1N1CCNCC1. The Balaban J connectivity index is 2.24. The molecule has 0 radical (unpaired) electrons. The summed E-state index contributed by atoms with van der Waals surface area (Å²) in [5.74, 6) is 0.841. The van der Waals surface area contributed by atoms with Crippen molar-refractivity contribution in [2.75, 3.05) is 38.2 Å². The van der Waals surface area contributed by atoms with Crippen LogP contribution in [-0.4, -0.2) is 38.4 Å². The molecule has 2 rings (SSSR count). The first kappa shape index (κ1) is 11.2. The van der Waals surface area contributed by atoms with Gasteiger partial charge in [-0.05, 0) is 17.7 Å². The van der Waals surface area contributed by atoms with E-state index in [9.17, 15) is 0 Å². The lowest BCUT2D eigenvalue weighted by atomic mass is 10.1. The number of nitrogens with one attached hydrogen (secondary N) is 1. The molecule has 88 valence electrons. The Labute approximate surface area is 95.8 Å². The summed E-state index contributed by atoms with van der Waals surface area (Å²) in [6.07, 6.45) is 0. The van der Waals surface area contributed by atoms with Gasteiger partial charge in [-0.15, -0.1) is 0 Å². The molecule has 1 saturated heterocycles. The highest BCUT2D eigenvalue weighted by Crippen LogP contribution is 2.29. The van der Waals surface area contributed by atoms with Crippen LogP contribution >= 0.6 is 0 Å². The summed E-state index contributed by atoms with van der Waals surface area (Å²) >= 11 is 0. The first-order valence-corrected chi connectivity index (χ1v) is 5.58. The molecule has 2 N–H and O–H groups in total. The summed E-state index contributed by atoms with van der Waals surface area (Å²) in [7, 11) is 1.67. The Bertz CT molecular complexity index is 349. The molecular weight excluding hydrogens is 204 g/mol. The van der Waals surface area contributed by atoms with Crippen LogP contribution in [0.2, 0.25) is 0 Å². The molecule has 0 aliphatic carbocycles. The van der Waals surface area contributed by atoms with E-state index >= 15 is 0 Å². The zero-order chi connectivity index (χ0) is 11.4. The number of hydrogen-bond donors (Lipinski definition) is 2. The lowest BCUT2D eigenvalue weighted by molar-refractivity contribution is 0.281. The number of hydrogen-bond acceptors (Lipinski definition) is 4. The molecule has 0 atom stereocenters. The van der Waals surface area contributed by atoms with Gasteiger partial charge in [-0.1, -0.05) is 6.07 Å². The molecule has 0 aromatic heterocycles. The predicted molar refractivity (Wildman–Crippen MR) is 64.0 cm³/mol. The Hall–Kier alpha value is -1.26. The van der Waals surface area contributed by atoms with Crippen molar-refractivity contribution in [3.63, 3.8) is 0 Å². The number of aliphatic hydroxyl groups is 1. The van der Waals surface area contributed by atoms with Crippen LogP contribution in [-0.2, 0) is 6.61 Å². The van der Waals surface area contributed by atoms with Gasteiger partial charge in [0.15, 0.2) is 0 Å².